The van der Waals surface area contributed by atoms with Gasteiger partial charge in [0.25, 0.3) is 0 Å². The van der Waals surface area contributed by atoms with Crippen molar-refractivity contribution < 1.29 is 26.3 Å². The molecule has 0 aliphatic carbocycles. The summed E-state index contributed by atoms with van der Waals surface area (Å²) in [5.41, 5.74) is -0.645. The van der Waals surface area contributed by atoms with Gasteiger partial charge in [0.1, 0.15) is 0 Å². The first kappa shape index (κ1) is 15.7. The highest BCUT2D eigenvalue weighted by molar-refractivity contribution is 5.50. The fraction of sp³-hybridized carbons (Fsp3) is 0.500. The molecule has 0 aliphatic rings. The van der Waals surface area contributed by atoms with Crippen LogP contribution in [0.3, 0.4) is 0 Å². The summed E-state index contributed by atoms with van der Waals surface area (Å²) >= 11 is 0. The van der Waals surface area contributed by atoms with E-state index in [4.69, 9.17) is 0 Å². The lowest BCUT2D eigenvalue weighted by Gasteiger charge is -2.29. The fourth-order valence-corrected chi connectivity index (χ4v) is 1.55. The number of halogens is 6. The Morgan fingerprint density at radius 2 is 1.11 bits per heavy atom. The Morgan fingerprint density at radius 3 is 1.37 bits per heavy atom. The average Bonchev–Trinajstić information content (AvgIpc) is 2.12. The van der Waals surface area contributed by atoms with Gasteiger partial charge in [0.15, 0.2) is 0 Å². The highest BCUT2D eigenvalue weighted by Gasteiger charge is 2.53. The van der Waals surface area contributed by atoms with Crippen LogP contribution in [0.4, 0.5) is 32.0 Å². The van der Waals surface area contributed by atoms with Gasteiger partial charge < -0.3 is 0 Å². The lowest BCUT2D eigenvalue weighted by atomic mass is 9.87. The molecular formula is C12H13F6N. The van der Waals surface area contributed by atoms with Crippen LogP contribution < -0.4 is 4.90 Å². The normalized spacial score (nSPS) is 13.5. The summed E-state index contributed by atoms with van der Waals surface area (Å²) in [6.07, 6.45) is -11.0. The van der Waals surface area contributed by atoms with Crippen molar-refractivity contribution in [2.75, 3.05) is 4.90 Å². The van der Waals surface area contributed by atoms with Gasteiger partial charge >= 0.3 is 12.6 Å². The maximum atomic E-state index is 12.4. The van der Waals surface area contributed by atoms with Crippen LogP contribution in [-0.4, -0.2) is 12.6 Å². The van der Waals surface area contributed by atoms with E-state index in [1.54, 1.807) is 0 Å². The quantitative estimate of drug-likeness (QED) is 0.527. The van der Waals surface area contributed by atoms with Gasteiger partial charge in [-0.3, -0.25) is 0 Å². The van der Waals surface area contributed by atoms with E-state index in [0.29, 0.717) is 5.56 Å². The average molecular weight is 285 g/mol. The number of anilines is 1. The highest BCUT2D eigenvalue weighted by atomic mass is 19.4. The largest absolute Gasteiger partial charge is 0.491 e. The van der Waals surface area contributed by atoms with Gasteiger partial charge in [0.05, 0.1) is 5.69 Å². The second-order valence-electron chi connectivity index (χ2n) is 5.07. The van der Waals surface area contributed by atoms with Crippen LogP contribution in [-0.2, 0) is 5.41 Å². The molecule has 0 saturated heterocycles. The van der Waals surface area contributed by atoms with Crippen LogP contribution in [0.1, 0.15) is 26.3 Å². The molecule has 0 spiro atoms. The number of alkyl halides is 6. The third-order valence-corrected chi connectivity index (χ3v) is 2.50. The van der Waals surface area contributed by atoms with Gasteiger partial charge in [0, 0.05) is 0 Å². The highest BCUT2D eigenvalue weighted by Crippen LogP contribution is 2.38. The van der Waals surface area contributed by atoms with Crippen molar-refractivity contribution in [3.8, 4) is 0 Å². The summed E-state index contributed by atoms with van der Waals surface area (Å²) in [6.45, 7) is 5.44. The van der Waals surface area contributed by atoms with E-state index in [0.717, 1.165) is 12.1 Å². The van der Waals surface area contributed by atoms with Crippen molar-refractivity contribution in [3.63, 3.8) is 0 Å². The Labute approximate surface area is 106 Å². The van der Waals surface area contributed by atoms with Crippen LogP contribution in [0.2, 0.25) is 0 Å². The molecule has 7 heteroatoms. The third kappa shape index (κ3) is 3.78. The van der Waals surface area contributed by atoms with Crippen LogP contribution in [0, 0.1) is 0 Å². The Bertz CT molecular complexity index is 410. The second kappa shape index (κ2) is 4.61. The summed E-state index contributed by atoms with van der Waals surface area (Å²) in [5, 5.41) is 0. The maximum Gasteiger partial charge on any atom is 0.491 e. The molecular weight excluding hydrogens is 272 g/mol. The topological polar surface area (TPSA) is 3.24 Å². The monoisotopic (exact) mass is 285 g/mol. The summed E-state index contributed by atoms with van der Waals surface area (Å²) in [5.74, 6) is 0. The van der Waals surface area contributed by atoms with E-state index in [9.17, 15) is 26.3 Å². The minimum atomic E-state index is -5.51. The predicted molar refractivity (Wildman–Crippen MR) is 59.7 cm³/mol. The standard InChI is InChI=1S/C12H13F6N/c1-10(2,3)8-4-6-9(7-5-8)19(11(13,14)15)12(16,17)18/h4-7H,1-3H3. The fourth-order valence-electron chi connectivity index (χ4n) is 1.55. The first-order valence-corrected chi connectivity index (χ1v) is 5.38. The summed E-state index contributed by atoms with van der Waals surface area (Å²) in [7, 11) is 0. The molecule has 0 bridgehead atoms. The number of nitrogens with zero attached hydrogens (tertiary/aromatic N) is 1. The van der Waals surface area contributed by atoms with Gasteiger partial charge in [-0.2, -0.15) is 4.90 Å². The molecule has 0 aromatic heterocycles. The number of benzene rings is 1. The molecule has 108 valence electrons. The molecule has 0 aliphatic heterocycles. The van der Waals surface area contributed by atoms with Gasteiger partial charge in [-0.15, -0.1) is 26.3 Å². The minimum absolute atomic E-state index is 0.347. The third-order valence-electron chi connectivity index (χ3n) is 2.50. The van der Waals surface area contributed by atoms with Crippen molar-refractivity contribution >= 4 is 5.69 Å². The molecule has 0 atom stereocenters. The van der Waals surface area contributed by atoms with E-state index < -0.39 is 23.2 Å². The van der Waals surface area contributed by atoms with Crippen LogP contribution in [0.25, 0.3) is 0 Å². The Hall–Kier alpha value is -1.40. The van der Waals surface area contributed by atoms with E-state index in [1.807, 2.05) is 20.8 Å². The Balaban J connectivity index is 3.20. The second-order valence-corrected chi connectivity index (χ2v) is 5.07. The zero-order chi connectivity index (χ0) is 15.1. The number of hydrogen-bond acceptors (Lipinski definition) is 1. The Morgan fingerprint density at radius 1 is 0.737 bits per heavy atom. The number of hydrogen-bond donors (Lipinski definition) is 0. The maximum absolute atomic E-state index is 12.4. The van der Waals surface area contributed by atoms with Crippen LogP contribution in [0.5, 0.6) is 0 Å². The molecule has 1 rings (SSSR count). The molecule has 0 amide bonds. The van der Waals surface area contributed by atoms with E-state index >= 15 is 0 Å². The predicted octanol–water partition coefficient (Wildman–Crippen LogP) is 4.83. The summed E-state index contributed by atoms with van der Waals surface area (Å²) in [4.78, 5) is -1.51. The smallest absolute Gasteiger partial charge is 0.194 e. The van der Waals surface area contributed by atoms with Gasteiger partial charge in [-0.05, 0) is 23.1 Å². The molecule has 0 heterocycles. The van der Waals surface area contributed by atoms with Crippen molar-refractivity contribution in [2.24, 2.45) is 0 Å². The first-order valence-electron chi connectivity index (χ1n) is 5.38. The molecule has 19 heavy (non-hydrogen) atoms. The molecule has 1 aromatic carbocycles. The molecule has 0 radical (unpaired) electrons. The van der Waals surface area contributed by atoms with Gasteiger partial charge in [-0.25, -0.2) is 0 Å². The first-order chi connectivity index (χ1) is 8.33. The molecule has 0 unspecified atom stereocenters. The zero-order valence-electron chi connectivity index (χ0n) is 10.5. The minimum Gasteiger partial charge on any atom is -0.194 e. The summed E-state index contributed by atoms with van der Waals surface area (Å²) in [6, 6.07) is 4.17. The van der Waals surface area contributed by atoms with E-state index in [1.165, 1.54) is 12.1 Å². The SMILES string of the molecule is CC(C)(C)c1ccc(N(C(F)(F)F)C(F)(F)F)cc1. The Kier molecular flexibility index (Phi) is 3.80. The van der Waals surface area contributed by atoms with Gasteiger partial charge in [-0.1, -0.05) is 32.9 Å². The lowest BCUT2D eigenvalue weighted by Crippen LogP contribution is -2.48. The van der Waals surface area contributed by atoms with E-state index in [2.05, 4.69) is 0 Å². The van der Waals surface area contributed by atoms with Crippen molar-refractivity contribution in [3.05, 3.63) is 29.8 Å². The molecule has 1 nitrogen and oxygen atoms in total. The number of rotatable bonds is 1. The van der Waals surface area contributed by atoms with Crippen molar-refractivity contribution in [2.45, 2.75) is 38.8 Å². The zero-order valence-corrected chi connectivity index (χ0v) is 10.5. The van der Waals surface area contributed by atoms with Crippen LogP contribution in [0.15, 0.2) is 24.3 Å². The van der Waals surface area contributed by atoms with Crippen LogP contribution >= 0.6 is 0 Å². The van der Waals surface area contributed by atoms with Gasteiger partial charge in [0.2, 0.25) is 0 Å². The molecule has 0 fully saturated rings. The summed E-state index contributed by atoms with van der Waals surface area (Å²) < 4.78 is 74.7. The molecule has 0 saturated carbocycles. The van der Waals surface area contributed by atoms with Crippen molar-refractivity contribution in [1.29, 1.82) is 0 Å². The molecule has 0 N–H and O–H groups in total. The van der Waals surface area contributed by atoms with E-state index in [-0.39, 0.29) is 5.41 Å². The lowest BCUT2D eigenvalue weighted by molar-refractivity contribution is -0.226. The van der Waals surface area contributed by atoms with Crippen molar-refractivity contribution in [1.82, 2.24) is 0 Å². The molecule has 1 aromatic rings.